The van der Waals surface area contributed by atoms with E-state index in [9.17, 15) is 9.90 Å². The van der Waals surface area contributed by atoms with E-state index in [4.69, 9.17) is 0 Å². The molecule has 5 aromatic heterocycles. The normalized spacial score (nSPS) is 13.1. The smallest absolute Gasteiger partial charge is 0.279 e. The third-order valence-corrected chi connectivity index (χ3v) is 12.4. The predicted molar refractivity (Wildman–Crippen MR) is 173 cm³/mol. The van der Waals surface area contributed by atoms with Crippen LogP contribution >= 0.6 is 45.3 Å². The van der Waals surface area contributed by atoms with Crippen molar-refractivity contribution in [3.63, 3.8) is 0 Å². The van der Waals surface area contributed by atoms with Gasteiger partial charge < -0.3 is 10.1 Å². The number of nitrogens with zero attached hydrogens (tertiary/aromatic N) is 1. The van der Waals surface area contributed by atoms with Gasteiger partial charge in [0.25, 0.3) is 5.91 Å². The lowest BCUT2D eigenvalue weighted by Crippen LogP contribution is -2.15. The first kappa shape index (κ1) is 27.6. The highest BCUT2D eigenvalue weighted by Gasteiger charge is 2.28. The average Bonchev–Trinajstić information content (AvgIpc) is 3.76. The van der Waals surface area contributed by atoms with Gasteiger partial charge in [-0.2, -0.15) is 0 Å². The first-order chi connectivity index (χ1) is 19.6. The molecule has 4 nitrogen and oxygen atoms in total. The van der Waals surface area contributed by atoms with Crippen LogP contribution < -0.4 is 9.89 Å². The second-order valence-corrected chi connectivity index (χ2v) is 14.9. The number of rotatable bonds is 13. The van der Waals surface area contributed by atoms with Gasteiger partial charge >= 0.3 is 0 Å². The molecule has 5 aromatic rings. The van der Waals surface area contributed by atoms with Crippen LogP contribution in [-0.2, 0) is 17.6 Å². The monoisotopic (exact) mass is 606 g/mol. The molecule has 6 rings (SSSR count). The maximum atomic E-state index is 13.1. The maximum Gasteiger partial charge on any atom is 0.279 e. The lowest BCUT2D eigenvalue weighted by Gasteiger charge is -1.99. The fraction of sp³-hybridized carbons (Fsp3) is 0.375. The number of amides is 1. The number of hydrogen-bond acceptors (Lipinski definition) is 6. The van der Waals surface area contributed by atoms with Crippen LogP contribution in [0, 0.1) is 0 Å². The molecule has 0 atom stereocenters. The van der Waals surface area contributed by atoms with E-state index in [-0.39, 0.29) is 11.8 Å². The van der Waals surface area contributed by atoms with E-state index in [2.05, 4.69) is 54.2 Å². The Kier molecular flexibility index (Phi) is 8.40. The second kappa shape index (κ2) is 12.1. The largest absolute Gasteiger partial charge is 0.494 e. The van der Waals surface area contributed by atoms with E-state index in [0.29, 0.717) is 11.1 Å². The molecule has 2 N–H and O–H groups in total. The Bertz CT molecular complexity index is 1780. The molecular weight excluding hydrogens is 573 g/mol. The van der Waals surface area contributed by atoms with Crippen LogP contribution in [0.5, 0.6) is 5.88 Å². The topological polar surface area (TPSA) is 65.4 Å². The predicted octanol–water partition coefficient (Wildman–Crippen LogP) is 9.06. The highest BCUT2D eigenvalue weighted by molar-refractivity contribution is 7.26. The Labute approximate surface area is 250 Å². The van der Waals surface area contributed by atoms with Crippen LogP contribution in [-0.4, -0.2) is 16.0 Å². The average molecular weight is 607 g/mol. The van der Waals surface area contributed by atoms with Gasteiger partial charge in [0.2, 0.25) is 0 Å². The van der Waals surface area contributed by atoms with Crippen molar-refractivity contribution >= 4 is 67.0 Å². The number of aromatic amines is 1. The molecule has 1 aliphatic heterocycles. The molecule has 0 aliphatic carbocycles. The van der Waals surface area contributed by atoms with Gasteiger partial charge in [-0.1, -0.05) is 52.4 Å². The zero-order valence-corrected chi connectivity index (χ0v) is 26.2. The van der Waals surface area contributed by atoms with Crippen molar-refractivity contribution in [1.29, 1.82) is 0 Å². The van der Waals surface area contributed by atoms with Crippen LogP contribution in [0.15, 0.2) is 41.4 Å². The van der Waals surface area contributed by atoms with Crippen LogP contribution in [0.2, 0.25) is 0 Å². The second-order valence-electron chi connectivity index (χ2n) is 10.5. The van der Waals surface area contributed by atoms with Crippen LogP contribution in [0.4, 0.5) is 0 Å². The Hall–Kier alpha value is -2.52. The lowest BCUT2D eigenvalue weighted by atomic mass is 10.1. The highest BCUT2D eigenvalue weighted by atomic mass is 32.1. The molecule has 0 saturated heterocycles. The number of nitrogens with one attached hydrogen (secondary N) is 1. The van der Waals surface area contributed by atoms with Crippen molar-refractivity contribution in [3.8, 4) is 25.4 Å². The minimum absolute atomic E-state index is 0.0439. The van der Waals surface area contributed by atoms with Crippen LogP contribution in [0.25, 0.3) is 35.3 Å². The summed E-state index contributed by atoms with van der Waals surface area (Å²) in [5, 5.41) is 11.6. The highest BCUT2D eigenvalue weighted by Crippen LogP contribution is 2.44. The summed E-state index contributed by atoms with van der Waals surface area (Å²) in [7, 11) is 0. The van der Waals surface area contributed by atoms with Gasteiger partial charge in [0, 0.05) is 29.3 Å². The van der Waals surface area contributed by atoms with E-state index in [1.807, 2.05) is 28.7 Å². The van der Waals surface area contributed by atoms with Crippen molar-refractivity contribution in [3.05, 3.63) is 61.6 Å². The number of aromatic nitrogens is 1. The zero-order chi connectivity index (χ0) is 27.6. The van der Waals surface area contributed by atoms with Gasteiger partial charge in [-0.05, 0) is 62.1 Å². The molecule has 0 unspecified atom stereocenters. The summed E-state index contributed by atoms with van der Waals surface area (Å²) in [6, 6.07) is 13.0. The summed E-state index contributed by atoms with van der Waals surface area (Å²) < 4.78 is 1.77. The molecule has 0 fully saturated rings. The first-order valence-corrected chi connectivity index (χ1v) is 17.6. The van der Waals surface area contributed by atoms with Gasteiger partial charge in [-0.3, -0.25) is 4.79 Å². The molecule has 0 radical (unpaired) electrons. The number of aromatic hydroxyl groups is 1. The minimum Gasteiger partial charge on any atom is -0.494 e. The van der Waals surface area contributed by atoms with Crippen molar-refractivity contribution in [2.45, 2.75) is 78.1 Å². The van der Waals surface area contributed by atoms with Gasteiger partial charge in [0.15, 0.2) is 5.88 Å². The number of thiophene rings is 4. The molecule has 0 spiro atoms. The van der Waals surface area contributed by atoms with Gasteiger partial charge in [-0.25, -0.2) is 4.99 Å². The van der Waals surface area contributed by atoms with Crippen LogP contribution in [0.1, 0.15) is 80.5 Å². The Balaban J connectivity index is 1.30. The number of carbonyl (C=O) groups is 1. The van der Waals surface area contributed by atoms with Crippen molar-refractivity contribution in [2.75, 3.05) is 0 Å². The van der Waals surface area contributed by atoms with Crippen LogP contribution in [0.3, 0.4) is 0 Å². The number of hydrogen-bond donors (Lipinski definition) is 2. The molecule has 0 bridgehead atoms. The summed E-state index contributed by atoms with van der Waals surface area (Å²) in [5.41, 5.74) is 1.97. The number of fused-ring (bicyclic) bond motifs is 2. The number of unbranched alkanes of at least 4 members (excludes halogenated alkanes) is 6. The van der Waals surface area contributed by atoms with Gasteiger partial charge in [-0.15, -0.1) is 45.3 Å². The van der Waals surface area contributed by atoms with E-state index >= 15 is 0 Å². The summed E-state index contributed by atoms with van der Waals surface area (Å²) in [6.07, 6.45) is 12.4. The molecular formula is C32H34N2O2S4. The molecule has 8 heteroatoms. The number of carbonyl (C=O) groups excluding carboxylic acids is 1. The number of aryl methyl sites for hydroxylation is 2. The summed E-state index contributed by atoms with van der Waals surface area (Å²) in [6.45, 7) is 4.48. The molecule has 6 heterocycles. The SMILES string of the molecule is CCCCCCc1ccc(-c2cc3c(s2)=C(c2c(O)[nH]c4cc(-c5ccc(CCCCCC)s5)sc24)C(=O)N=3)s1. The fourth-order valence-corrected chi connectivity index (χ4v) is 9.88. The van der Waals surface area contributed by atoms with Gasteiger partial charge in [0.1, 0.15) is 0 Å². The van der Waals surface area contributed by atoms with E-state index in [0.717, 1.165) is 42.7 Å². The van der Waals surface area contributed by atoms with Crippen molar-refractivity contribution in [2.24, 2.45) is 4.99 Å². The summed E-state index contributed by atoms with van der Waals surface area (Å²) in [5.74, 6) is -0.227. The summed E-state index contributed by atoms with van der Waals surface area (Å²) in [4.78, 5) is 28.2. The third-order valence-electron chi connectivity index (χ3n) is 7.44. The van der Waals surface area contributed by atoms with E-state index in [1.165, 1.54) is 70.9 Å². The molecule has 0 aromatic carbocycles. The third kappa shape index (κ3) is 5.51. The first-order valence-electron chi connectivity index (χ1n) is 14.4. The maximum absolute atomic E-state index is 13.1. The van der Waals surface area contributed by atoms with Crippen molar-refractivity contribution < 1.29 is 9.90 Å². The Morgan fingerprint density at radius 3 is 2.00 bits per heavy atom. The molecule has 1 amide bonds. The fourth-order valence-electron chi connectivity index (χ4n) is 5.31. The quantitative estimate of drug-likeness (QED) is 0.131. The summed E-state index contributed by atoms with van der Waals surface area (Å²) >= 11 is 6.93. The zero-order valence-electron chi connectivity index (χ0n) is 23.0. The molecule has 40 heavy (non-hydrogen) atoms. The Morgan fingerprint density at radius 1 is 0.750 bits per heavy atom. The molecule has 0 saturated carbocycles. The lowest BCUT2D eigenvalue weighted by molar-refractivity contribution is -0.112. The molecule has 208 valence electrons. The van der Waals surface area contributed by atoms with E-state index < -0.39 is 0 Å². The van der Waals surface area contributed by atoms with Crippen molar-refractivity contribution in [1.82, 2.24) is 4.98 Å². The van der Waals surface area contributed by atoms with Gasteiger partial charge in [0.05, 0.1) is 31.2 Å². The standard InChI is InChI=1S/C32H34N2O2S4/c1-3-5-7-9-11-19-13-15-23(37-19)25-17-21-29(39-25)27(31(35)33-21)28-30-22(34-32(28)36)18-26(40-30)24-16-14-20(38-24)12-10-8-6-4-2/h13-18,33,35H,3-12H2,1-2H3. The number of H-pyrrole nitrogens is 1. The Morgan fingerprint density at radius 2 is 1.38 bits per heavy atom. The van der Waals surface area contributed by atoms with E-state index in [1.54, 1.807) is 22.7 Å². The molecule has 1 aliphatic rings. The minimum atomic E-state index is -0.271.